The normalized spacial score (nSPS) is 28.0. The van der Waals surface area contributed by atoms with Crippen LogP contribution in [-0.2, 0) is 71.3 Å². The molecule has 0 aromatic carbocycles. The van der Waals surface area contributed by atoms with Gasteiger partial charge in [-0.2, -0.15) is 0 Å². The van der Waals surface area contributed by atoms with Gasteiger partial charge in [0.05, 0.1) is 104 Å². The molecule has 3 heterocycles. The first-order valence-electron chi connectivity index (χ1n) is 29.9. The lowest BCUT2D eigenvalue weighted by Crippen LogP contribution is -2.55. The number of nitrogens with one attached hydrogen (secondary N) is 5. The smallest absolute Gasteiger partial charge is 0.222 e. The molecule has 29 nitrogen and oxygen atoms in total. The van der Waals surface area contributed by atoms with Gasteiger partial charge in [-0.15, -0.1) is 0 Å². The first-order valence-corrected chi connectivity index (χ1v) is 29.9. The van der Waals surface area contributed by atoms with E-state index in [0.717, 1.165) is 6.42 Å². The Balaban J connectivity index is 0.00000177. The number of aliphatic hydroxyl groups excluding tert-OH is 9. The number of hydrogen-bond donors (Lipinski definition) is 14. The predicted molar refractivity (Wildman–Crippen MR) is 309 cm³/mol. The fourth-order valence-corrected chi connectivity index (χ4v) is 8.81. The van der Waals surface area contributed by atoms with E-state index in [9.17, 15) is 69.9 Å². The van der Waals surface area contributed by atoms with Gasteiger partial charge in [0.1, 0.15) is 36.6 Å². The van der Waals surface area contributed by atoms with E-state index in [1.807, 2.05) is 20.8 Å². The molecule has 3 saturated heterocycles. The molecule has 3 aliphatic rings. The Labute approximate surface area is 507 Å². The zero-order chi connectivity index (χ0) is 63.3. The third-order valence-electron chi connectivity index (χ3n) is 14.3. The van der Waals surface area contributed by atoms with Crippen LogP contribution < -0.4 is 26.6 Å². The van der Waals surface area contributed by atoms with Gasteiger partial charge in [0.25, 0.3) is 0 Å². The van der Waals surface area contributed by atoms with E-state index in [-0.39, 0.29) is 122 Å². The highest BCUT2D eigenvalue weighted by Gasteiger charge is 2.44. The second kappa shape index (κ2) is 45.8. The number of carbonyl (C=O) groups is 5. The van der Waals surface area contributed by atoms with E-state index >= 15 is 0 Å². The van der Waals surface area contributed by atoms with Crippen LogP contribution >= 0.6 is 0 Å². The van der Waals surface area contributed by atoms with Gasteiger partial charge in [0.15, 0.2) is 18.9 Å². The summed E-state index contributed by atoms with van der Waals surface area (Å²) in [5.74, 6) is -2.38. The van der Waals surface area contributed by atoms with Gasteiger partial charge in [-0.3, -0.25) is 24.0 Å². The second-order valence-corrected chi connectivity index (χ2v) is 22.3. The summed E-state index contributed by atoms with van der Waals surface area (Å²) < 4.78 is 56.7. The number of aliphatic hydroxyl groups is 9. The molecule has 0 radical (unpaired) electrons. The van der Waals surface area contributed by atoms with Crippen LogP contribution in [0.15, 0.2) is 0 Å². The van der Waals surface area contributed by atoms with E-state index in [2.05, 4.69) is 26.6 Å². The van der Waals surface area contributed by atoms with Gasteiger partial charge in [-0.1, -0.05) is 35.1 Å². The Bertz CT molecular complexity index is 1670. The van der Waals surface area contributed by atoms with E-state index < -0.39 is 117 Å². The standard InChI is InChI=1S/C44H81N3O21.C12H24N2O3.CH4/c1-26-35(54)38(57)29(20-48)66-41(26)63-14-5-11-45-32(51)8-17-60-23-44(4,24-61-18-9-33(52)46-12-6-15-64-42-27(2)36(55)39(58)30(21-49)67-42)25-62-19-10-34(53)47-13-7-16-65-43-28(3)37(56)40(59)31(22-50)68-43;1-10(2)17-9-5-8-14-12(16)7-4-6-11(15)13-3;/h26-31,35-43,48-50,54-59H,5-25H2,1-4H3,(H,45,51)(H,46,52)(H,47,53);10H,4-9H2,1-3H3,(H,13,15)(H,14,16);1H4/t26?,27?,28?,29?,30?,31?,35-,36-,37-,38+,39+,40+,41-,42-,43-,44?;;/m1../s1. The number of ether oxygens (including phenoxy) is 10. The van der Waals surface area contributed by atoms with Crippen LogP contribution in [0.25, 0.3) is 0 Å². The summed E-state index contributed by atoms with van der Waals surface area (Å²) in [4.78, 5) is 59.8. The molecule has 0 bridgehead atoms. The molecule has 0 spiro atoms. The van der Waals surface area contributed by atoms with Crippen molar-refractivity contribution in [1.29, 1.82) is 0 Å². The third-order valence-corrected chi connectivity index (χ3v) is 14.3. The number of rotatable bonds is 42. The maximum Gasteiger partial charge on any atom is 0.222 e. The Morgan fingerprint density at radius 3 is 1.02 bits per heavy atom. The zero-order valence-corrected chi connectivity index (χ0v) is 51.0. The molecule has 3 rings (SSSR count). The molecule has 14 N–H and O–H groups in total. The molecular weight excluding hydrogens is 1140 g/mol. The average Bonchev–Trinajstić information content (AvgIpc) is 3.65. The molecule has 15 atom stereocenters. The maximum atomic E-state index is 12.5. The second-order valence-electron chi connectivity index (χ2n) is 22.3. The van der Waals surface area contributed by atoms with Gasteiger partial charge < -0.3 is 120 Å². The van der Waals surface area contributed by atoms with Crippen LogP contribution in [0.4, 0.5) is 0 Å². The van der Waals surface area contributed by atoms with Crippen molar-refractivity contribution >= 4 is 29.5 Å². The van der Waals surface area contributed by atoms with Gasteiger partial charge in [0.2, 0.25) is 29.5 Å². The summed E-state index contributed by atoms with van der Waals surface area (Å²) >= 11 is 0. The molecule has 86 heavy (non-hydrogen) atoms. The predicted octanol–water partition coefficient (Wildman–Crippen LogP) is -2.52. The van der Waals surface area contributed by atoms with Crippen LogP contribution in [0.5, 0.6) is 0 Å². The highest BCUT2D eigenvalue weighted by molar-refractivity contribution is 5.78. The summed E-state index contributed by atoms with van der Waals surface area (Å²) in [6.07, 6.45) is -8.47. The zero-order valence-electron chi connectivity index (χ0n) is 51.0. The Morgan fingerprint density at radius 2 is 0.733 bits per heavy atom. The van der Waals surface area contributed by atoms with Crippen molar-refractivity contribution in [2.24, 2.45) is 23.2 Å². The van der Waals surface area contributed by atoms with Crippen molar-refractivity contribution < 1.29 is 117 Å². The van der Waals surface area contributed by atoms with Crippen LogP contribution in [0, 0.1) is 23.2 Å². The minimum atomic E-state index is -1.22. The van der Waals surface area contributed by atoms with Gasteiger partial charge in [-0.25, -0.2) is 0 Å². The van der Waals surface area contributed by atoms with Crippen molar-refractivity contribution in [2.45, 2.75) is 193 Å². The van der Waals surface area contributed by atoms with E-state index in [1.165, 1.54) is 0 Å². The maximum absolute atomic E-state index is 12.5. The molecule has 29 heteroatoms. The lowest BCUT2D eigenvalue weighted by molar-refractivity contribution is -0.282. The Kier molecular flexibility index (Phi) is 42.9. The Hall–Kier alpha value is -3.41. The quantitative estimate of drug-likeness (QED) is 0.0280. The molecule has 0 aromatic heterocycles. The van der Waals surface area contributed by atoms with E-state index in [4.69, 9.17) is 47.4 Å². The summed E-state index contributed by atoms with van der Waals surface area (Å²) in [7, 11) is 1.59. The van der Waals surface area contributed by atoms with Crippen molar-refractivity contribution in [3.05, 3.63) is 0 Å². The summed E-state index contributed by atoms with van der Waals surface area (Å²) in [5.41, 5.74) is -0.736. The molecule has 0 aromatic rings. The van der Waals surface area contributed by atoms with Gasteiger partial charge in [0, 0.05) is 95.1 Å². The monoisotopic (exact) mass is 1250 g/mol. The minimum Gasteiger partial charge on any atom is -0.394 e. The lowest BCUT2D eigenvalue weighted by Gasteiger charge is -2.40. The van der Waals surface area contributed by atoms with E-state index in [1.54, 1.807) is 27.8 Å². The van der Waals surface area contributed by atoms with Crippen LogP contribution in [0.3, 0.4) is 0 Å². The number of hydrogen-bond acceptors (Lipinski definition) is 24. The summed E-state index contributed by atoms with van der Waals surface area (Å²) in [5, 5.41) is 103. The molecular formula is C57H109N5O24. The molecule has 0 aliphatic carbocycles. The highest BCUT2D eigenvalue weighted by atomic mass is 16.7. The summed E-state index contributed by atoms with van der Waals surface area (Å²) in [6, 6.07) is 0. The topological polar surface area (TPSA) is 420 Å². The summed E-state index contributed by atoms with van der Waals surface area (Å²) in [6.45, 7) is 12.8. The molecule has 3 fully saturated rings. The van der Waals surface area contributed by atoms with Gasteiger partial charge in [-0.05, 0) is 46.0 Å². The van der Waals surface area contributed by atoms with Crippen molar-refractivity contribution in [1.82, 2.24) is 26.6 Å². The van der Waals surface area contributed by atoms with Crippen LogP contribution in [0.2, 0.25) is 0 Å². The number of carbonyl (C=O) groups excluding carboxylic acids is 5. The third kappa shape index (κ3) is 31.9. The van der Waals surface area contributed by atoms with Crippen molar-refractivity contribution in [3.63, 3.8) is 0 Å². The first kappa shape index (κ1) is 80.6. The minimum absolute atomic E-state index is 0. The first-order chi connectivity index (χ1) is 40.5. The number of amides is 5. The average molecular weight is 1250 g/mol. The van der Waals surface area contributed by atoms with Crippen molar-refractivity contribution in [3.8, 4) is 0 Å². The van der Waals surface area contributed by atoms with Crippen molar-refractivity contribution in [2.75, 3.05) is 119 Å². The van der Waals surface area contributed by atoms with E-state index in [0.29, 0.717) is 71.3 Å². The fourth-order valence-electron chi connectivity index (χ4n) is 8.81. The largest absolute Gasteiger partial charge is 0.394 e. The van der Waals surface area contributed by atoms with Crippen LogP contribution in [-0.4, -0.2) is 275 Å². The fraction of sp³-hybridized carbons (Fsp3) is 0.912. The molecule has 0 saturated carbocycles. The molecule has 6 unspecified atom stereocenters. The molecule has 5 amide bonds. The molecule has 3 aliphatic heterocycles. The molecule has 506 valence electrons. The van der Waals surface area contributed by atoms with Crippen LogP contribution in [0.1, 0.15) is 113 Å². The SMILES string of the molecule is C.CC1[C@H](OCCCNC(=O)CCOCC(C)(COCCC(=O)NCCCO[C@@H]2OC(CO)[C@H](O)[C@H](O)C2C)COCCC(=O)NCCCO[C@@H]2OC(CO)[C@H](O)[C@H](O)C2C)OC(CO)[C@H](O)[C@@H]1O.CNC(=O)CCCC(=O)NCCCOC(C)C. The highest BCUT2D eigenvalue weighted by Crippen LogP contribution is 2.29. The van der Waals surface area contributed by atoms with Gasteiger partial charge >= 0.3 is 0 Å². The lowest BCUT2D eigenvalue weighted by atomic mass is 9.92. The Morgan fingerprint density at radius 1 is 0.442 bits per heavy atom.